The first-order chi connectivity index (χ1) is 10.1. The summed E-state index contributed by atoms with van der Waals surface area (Å²) >= 11 is 6.33. The molecule has 0 saturated heterocycles. The van der Waals surface area contributed by atoms with Gasteiger partial charge >= 0.3 is 0 Å². The first-order valence-corrected chi connectivity index (χ1v) is 7.31. The van der Waals surface area contributed by atoms with Gasteiger partial charge in [-0.3, -0.25) is 4.57 Å². The fourth-order valence-electron chi connectivity index (χ4n) is 2.51. The van der Waals surface area contributed by atoms with Crippen LogP contribution < -0.4 is 4.74 Å². The summed E-state index contributed by atoms with van der Waals surface area (Å²) in [6, 6.07) is 14.2. The van der Waals surface area contributed by atoms with Gasteiger partial charge in [0, 0.05) is 11.8 Å². The Hall–Kier alpha value is -2.00. The van der Waals surface area contributed by atoms with E-state index in [4.69, 9.17) is 16.3 Å². The van der Waals surface area contributed by atoms with Crippen molar-refractivity contribution in [1.82, 2.24) is 9.55 Å². The molecule has 0 fully saturated rings. The molecule has 1 atom stereocenters. The van der Waals surface area contributed by atoms with Crippen LogP contribution in [0.15, 0.2) is 42.5 Å². The van der Waals surface area contributed by atoms with Crippen molar-refractivity contribution >= 4 is 22.6 Å². The lowest BCUT2D eigenvalue weighted by Gasteiger charge is -2.11. The van der Waals surface area contributed by atoms with Crippen LogP contribution in [0, 0.1) is 6.92 Å². The van der Waals surface area contributed by atoms with E-state index in [0.29, 0.717) is 0 Å². The zero-order chi connectivity index (χ0) is 15.0. The van der Waals surface area contributed by atoms with Gasteiger partial charge in [0.25, 0.3) is 0 Å². The number of ether oxygens (including phenoxy) is 1. The minimum Gasteiger partial charge on any atom is -0.497 e. The van der Waals surface area contributed by atoms with Gasteiger partial charge in [-0.2, -0.15) is 0 Å². The van der Waals surface area contributed by atoms with Crippen molar-refractivity contribution in [2.24, 2.45) is 0 Å². The Labute approximate surface area is 129 Å². The van der Waals surface area contributed by atoms with Gasteiger partial charge in [0.05, 0.1) is 23.5 Å². The van der Waals surface area contributed by atoms with Crippen molar-refractivity contribution < 1.29 is 4.74 Å². The Morgan fingerprint density at radius 2 is 2.00 bits per heavy atom. The second-order valence-corrected chi connectivity index (χ2v) is 5.77. The molecule has 0 bridgehead atoms. The van der Waals surface area contributed by atoms with Gasteiger partial charge in [-0.15, -0.1) is 11.6 Å². The summed E-state index contributed by atoms with van der Waals surface area (Å²) in [4.78, 5) is 4.67. The van der Waals surface area contributed by atoms with E-state index in [2.05, 4.69) is 34.7 Å². The number of imidazole rings is 1. The monoisotopic (exact) mass is 300 g/mol. The second kappa shape index (κ2) is 5.41. The number of alkyl halides is 1. The lowest BCUT2D eigenvalue weighted by atomic mass is 10.2. The van der Waals surface area contributed by atoms with Crippen LogP contribution in [-0.2, 0) is 0 Å². The Bertz CT molecular complexity index is 793. The third kappa shape index (κ3) is 2.49. The SMILES string of the molecule is COc1ccc2nc(C(C)Cl)n(-c3cccc(C)c3)c2c1. The zero-order valence-corrected chi connectivity index (χ0v) is 13.1. The maximum Gasteiger partial charge on any atom is 0.132 e. The van der Waals surface area contributed by atoms with Crippen LogP contribution in [0.2, 0.25) is 0 Å². The van der Waals surface area contributed by atoms with Gasteiger partial charge in [-0.1, -0.05) is 12.1 Å². The van der Waals surface area contributed by atoms with Crippen LogP contribution in [0.25, 0.3) is 16.7 Å². The van der Waals surface area contributed by atoms with E-state index < -0.39 is 0 Å². The quantitative estimate of drug-likeness (QED) is 0.659. The number of hydrogen-bond donors (Lipinski definition) is 0. The van der Waals surface area contributed by atoms with Gasteiger partial charge in [-0.25, -0.2) is 4.98 Å². The lowest BCUT2D eigenvalue weighted by Crippen LogP contribution is -2.02. The van der Waals surface area contributed by atoms with E-state index in [-0.39, 0.29) is 5.38 Å². The van der Waals surface area contributed by atoms with Gasteiger partial charge < -0.3 is 4.74 Å². The minimum atomic E-state index is -0.177. The molecule has 1 aromatic heterocycles. The van der Waals surface area contributed by atoms with Crippen LogP contribution >= 0.6 is 11.6 Å². The van der Waals surface area contributed by atoms with Crippen LogP contribution in [-0.4, -0.2) is 16.7 Å². The van der Waals surface area contributed by atoms with E-state index >= 15 is 0 Å². The molecule has 3 nitrogen and oxygen atoms in total. The van der Waals surface area contributed by atoms with E-state index in [0.717, 1.165) is 28.3 Å². The van der Waals surface area contributed by atoms with Crippen molar-refractivity contribution in [2.75, 3.05) is 7.11 Å². The van der Waals surface area contributed by atoms with E-state index in [1.807, 2.05) is 31.2 Å². The second-order valence-electron chi connectivity index (χ2n) is 5.12. The number of fused-ring (bicyclic) bond motifs is 1. The highest BCUT2D eigenvalue weighted by molar-refractivity contribution is 6.20. The summed E-state index contributed by atoms with van der Waals surface area (Å²) in [5, 5.41) is -0.177. The van der Waals surface area contributed by atoms with Crippen molar-refractivity contribution in [3.63, 3.8) is 0 Å². The van der Waals surface area contributed by atoms with E-state index in [9.17, 15) is 0 Å². The first kappa shape index (κ1) is 14.0. The molecule has 0 aliphatic rings. The number of benzene rings is 2. The highest BCUT2D eigenvalue weighted by atomic mass is 35.5. The average Bonchev–Trinajstić information content (AvgIpc) is 2.85. The van der Waals surface area contributed by atoms with Crippen molar-refractivity contribution in [3.8, 4) is 11.4 Å². The Kier molecular flexibility index (Phi) is 3.60. The van der Waals surface area contributed by atoms with Gasteiger partial charge in [0.15, 0.2) is 0 Å². The molecule has 0 N–H and O–H groups in total. The highest BCUT2D eigenvalue weighted by Gasteiger charge is 2.16. The van der Waals surface area contributed by atoms with Crippen molar-refractivity contribution in [3.05, 3.63) is 53.9 Å². The molecule has 108 valence electrons. The number of halogens is 1. The average molecular weight is 301 g/mol. The standard InChI is InChI=1S/C17H17ClN2O/c1-11-5-4-6-13(9-11)20-16-10-14(21-3)7-8-15(16)19-17(20)12(2)18/h4-10,12H,1-3H3. The third-order valence-corrected chi connectivity index (χ3v) is 3.70. The lowest BCUT2D eigenvalue weighted by molar-refractivity contribution is 0.415. The first-order valence-electron chi connectivity index (χ1n) is 6.87. The molecular formula is C17H17ClN2O. The van der Waals surface area contributed by atoms with E-state index in [1.165, 1.54) is 5.56 Å². The maximum atomic E-state index is 6.33. The molecule has 21 heavy (non-hydrogen) atoms. The smallest absolute Gasteiger partial charge is 0.132 e. The van der Waals surface area contributed by atoms with Crippen LogP contribution in [0.5, 0.6) is 5.75 Å². The number of nitrogens with zero attached hydrogens (tertiary/aromatic N) is 2. The molecule has 0 aliphatic heterocycles. The highest BCUT2D eigenvalue weighted by Crippen LogP contribution is 2.30. The van der Waals surface area contributed by atoms with Crippen molar-refractivity contribution in [2.45, 2.75) is 19.2 Å². The number of aromatic nitrogens is 2. The molecule has 1 heterocycles. The minimum absolute atomic E-state index is 0.177. The number of rotatable bonds is 3. The molecule has 3 rings (SSSR count). The number of aryl methyl sites for hydroxylation is 1. The fourth-order valence-corrected chi connectivity index (χ4v) is 2.65. The van der Waals surface area contributed by atoms with Gasteiger partial charge in [0.1, 0.15) is 11.6 Å². The fraction of sp³-hybridized carbons (Fsp3) is 0.235. The molecule has 0 spiro atoms. The molecule has 3 aromatic rings. The largest absolute Gasteiger partial charge is 0.497 e. The Morgan fingerprint density at radius 1 is 1.19 bits per heavy atom. The van der Waals surface area contributed by atoms with Crippen molar-refractivity contribution in [1.29, 1.82) is 0 Å². The van der Waals surface area contributed by atoms with Gasteiger partial charge in [-0.05, 0) is 43.7 Å². The summed E-state index contributed by atoms with van der Waals surface area (Å²) in [5.41, 5.74) is 4.18. The molecule has 1 unspecified atom stereocenters. The van der Waals surface area contributed by atoms with Gasteiger partial charge in [0.2, 0.25) is 0 Å². The summed E-state index contributed by atoms with van der Waals surface area (Å²) < 4.78 is 7.43. The van der Waals surface area contributed by atoms with Crippen LogP contribution in [0.3, 0.4) is 0 Å². The Balaban J connectivity index is 2.34. The summed E-state index contributed by atoms with van der Waals surface area (Å²) in [5.74, 6) is 1.65. The third-order valence-electron chi connectivity index (χ3n) is 3.50. The molecule has 0 saturated carbocycles. The Morgan fingerprint density at radius 3 is 2.67 bits per heavy atom. The molecule has 0 amide bonds. The molecule has 4 heteroatoms. The topological polar surface area (TPSA) is 27.1 Å². The predicted molar refractivity (Wildman–Crippen MR) is 86.6 cm³/mol. The summed E-state index contributed by atoms with van der Waals surface area (Å²) in [6.45, 7) is 4.01. The maximum absolute atomic E-state index is 6.33. The van der Waals surface area contributed by atoms with Crippen LogP contribution in [0.1, 0.15) is 23.7 Å². The summed E-state index contributed by atoms with van der Waals surface area (Å²) in [6.07, 6.45) is 0. The zero-order valence-electron chi connectivity index (χ0n) is 12.3. The molecule has 0 radical (unpaired) electrons. The molecular weight excluding hydrogens is 284 g/mol. The number of hydrogen-bond acceptors (Lipinski definition) is 2. The van der Waals surface area contributed by atoms with Crippen LogP contribution in [0.4, 0.5) is 0 Å². The van der Waals surface area contributed by atoms with E-state index in [1.54, 1.807) is 7.11 Å². The molecule has 0 aliphatic carbocycles. The predicted octanol–water partition coefficient (Wildman–Crippen LogP) is 4.64. The number of methoxy groups -OCH3 is 1. The molecule has 2 aromatic carbocycles. The summed E-state index contributed by atoms with van der Waals surface area (Å²) in [7, 11) is 1.67. The normalized spacial score (nSPS) is 12.6.